The number of hydrogen-bond donors (Lipinski definition) is 3. The van der Waals surface area contributed by atoms with Gasteiger partial charge in [0, 0.05) is 19.4 Å². The molecule has 0 radical (unpaired) electrons. The van der Waals surface area contributed by atoms with E-state index < -0.39 is 0 Å². The SMILES string of the molecule is C#CCCC(=O)NCCc1ccc(O)c(O)c1. The van der Waals surface area contributed by atoms with Gasteiger partial charge in [-0.05, 0) is 24.1 Å². The largest absolute Gasteiger partial charge is 0.504 e. The van der Waals surface area contributed by atoms with Gasteiger partial charge in [-0.1, -0.05) is 6.07 Å². The molecule has 3 N–H and O–H groups in total. The van der Waals surface area contributed by atoms with Crippen LogP contribution in [-0.2, 0) is 11.2 Å². The molecular weight excluding hydrogens is 218 g/mol. The van der Waals surface area contributed by atoms with Crippen LogP contribution in [0.1, 0.15) is 18.4 Å². The number of aromatic hydroxyl groups is 2. The van der Waals surface area contributed by atoms with Crippen molar-refractivity contribution < 1.29 is 15.0 Å². The van der Waals surface area contributed by atoms with Crippen molar-refractivity contribution in [2.24, 2.45) is 0 Å². The average molecular weight is 233 g/mol. The van der Waals surface area contributed by atoms with Crippen LogP contribution >= 0.6 is 0 Å². The van der Waals surface area contributed by atoms with Crippen LogP contribution in [0.4, 0.5) is 0 Å². The monoisotopic (exact) mass is 233 g/mol. The molecule has 0 aliphatic carbocycles. The molecule has 1 aromatic carbocycles. The maximum Gasteiger partial charge on any atom is 0.220 e. The molecule has 0 aromatic heterocycles. The first-order chi connectivity index (χ1) is 8.13. The Balaban J connectivity index is 2.33. The van der Waals surface area contributed by atoms with Crippen LogP contribution in [0.15, 0.2) is 18.2 Å². The Morgan fingerprint density at radius 3 is 2.76 bits per heavy atom. The average Bonchev–Trinajstić information content (AvgIpc) is 2.31. The number of rotatable bonds is 5. The number of amides is 1. The van der Waals surface area contributed by atoms with E-state index >= 15 is 0 Å². The molecule has 0 aliphatic heterocycles. The molecule has 4 nitrogen and oxygen atoms in total. The highest BCUT2D eigenvalue weighted by atomic mass is 16.3. The minimum Gasteiger partial charge on any atom is -0.504 e. The van der Waals surface area contributed by atoms with E-state index in [1.165, 1.54) is 12.1 Å². The molecule has 0 atom stereocenters. The van der Waals surface area contributed by atoms with E-state index in [9.17, 15) is 9.90 Å². The molecule has 0 saturated carbocycles. The van der Waals surface area contributed by atoms with Crippen molar-refractivity contribution in [2.75, 3.05) is 6.54 Å². The van der Waals surface area contributed by atoms with Crippen molar-refractivity contribution in [1.82, 2.24) is 5.32 Å². The normalized spacial score (nSPS) is 9.59. The number of carbonyl (C=O) groups is 1. The van der Waals surface area contributed by atoms with Crippen LogP contribution in [0.3, 0.4) is 0 Å². The Morgan fingerprint density at radius 2 is 2.12 bits per heavy atom. The number of hydrogen-bond acceptors (Lipinski definition) is 3. The summed E-state index contributed by atoms with van der Waals surface area (Å²) in [6, 6.07) is 4.59. The van der Waals surface area contributed by atoms with Crippen LogP contribution in [0.25, 0.3) is 0 Å². The molecule has 0 fully saturated rings. The lowest BCUT2D eigenvalue weighted by Gasteiger charge is -2.05. The van der Waals surface area contributed by atoms with Gasteiger partial charge < -0.3 is 15.5 Å². The number of benzene rings is 1. The summed E-state index contributed by atoms with van der Waals surface area (Å²) in [5, 5.41) is 21.1. The highest BCUT2D eigenvalue weighted by Gasteiger charge is 2.02. The van der Waals surface area contributed by atoms with Crippen molar-refractivity contribution in [3.63, 3.8) is 0 Å². The van der Waals surface area contributed by atoms with Crippen molar-refractivity contribution in [2.45, 2.75) is 19.3 Å². The Bertz CT molecular complexity index is 435. The zero-order chi connectivity index (χ0) is 12.7. The van der Waals surface area contributed by atoms with Crippen molar-refractivity contribution in [3.8, 4) is 23.8 Å². The van der Waals surface area contributed by atoms with Gasteiger partial charge in [-0.25, -0.2) is 0 Å². The fourth-order valence-electron chi connectivity index (χ4n) is 1.34. The predicted molar refractivity (Wildman–Crippen MR) is 64.6 cm³/mol. The summed E-state index contributed by atoms with van der Waals surface area (Å²) in [7, 11) is 0. The molecular formula is C13H15NO3. The molecule has 0 bridgehead atoms. The minimum absolute atomic E-state index is 0.0778. The van der Waals surface area contributed by atoms with Crippen LogP contribution < -0.4 is 5.32 Å². The van der Waals surface area contributed by atoms with Gasteiger partial charge in [0.25, 0.3) is 0 Å². The lowest BCUT2D eigenvalue weighted by Crippen LogP contribution is -2.25. The number of carbonyl (C=O) groups excluding carboxylic acids is 1. The lowest BCUT2D eigenvalue weighted by atomic mass is 10.1. The molecule has 0 spiro atoms. The van der Waals surface area contributed by atoms with Crippen LogP contribution in [-0.4, -0.2) is 22.7 Å². The Hall–Kier alpha value is -2.15. The Kier molecular flexibility index (Phi) is 4.89. The lowest BCUT2D eigenvalue weighted by molar-refractivity contribution is -0.120. The zero-order valence-electron chi connectivity index (χ0n) is 9.44. The number of nitrogens with one attached hydrogen (secondary N) is 1. The van der Waals surface area contributed by atoms with E-state index in [1.54, 1.807) is 6.07 Å². The minimum atomic E-state index is -0.152. The van der Waals surface area contributed by atoms with Crippen LogP contribution in [0.5, 0.6) is 11.5 Å². The first kappa shape index (κ1) is 12.9. The van der Waals surface area contributed by atoms with E-state index in [1.807, 2.05) is 0 Å². The number of phenolic OH excluding ortho intramolecular Hbond substituents is 2. The Labute approximate surface area is 100 Å². The molecule has 17 heavy (non-hydrogen) atoms. The molecule has 1 amide bonds. The molecule has 0 aliphatic rings. The molecule has 4 heteroatoms. The van der Waals surface area contributed by atoms with Gasteiger partial charge in [-0.3, -0.25) is 4.79 Å². The molecule has 1 rings (SSSR count). The van der Waals surface area contributed by atoms with E-state index in [0.29, 0.717) is 25.8 Å². The fourth-order valence-corrected chi connectivity index (χ4v) is 1.34. The molecule has 1 aromatic rings. The van der Waals surface area contributed by atoms with Crippen molar-refractivity contribution in [3.05, 3.63) is 23.8 Å². The van der Waals surface area contributed by atoms with Gasteiger partial charge in [0.05, 0.1) is 0 Å². The summed E-state index contributed by atoms with van der Waals surface area (Å²) >= 11 is 0. The van der Waals surface area contributed by atoms with Crippen LogP contribution in [0.2, 0.25) is 0 Å². The van der Waals surface area contributed by atoms with Crippen molar-refractivity contribution >= 4 is 5.91 Å². The smallest absolute Gasteiger partial charge is 0.220 e. The molecule has 0 unspecified atom stereocenters. The maximum absolute atomic E-state index is 11.2. The summed E-state index contributed by atoms with van der Waals surface area (Å²) in [4.78, 5) is 11.2. The van der Waals surface area contributed by atoms with Gasteiger partial charge in [-0.15, -0.1) is 12.3 Å². The number of terminal acetylenes is 1. The second-order valence-electron chi connectivity index (χ2n) is 3.63. The summed E-state index contributed by atoms with van der Waals surface area (Å²) in [6.07, 6.45) is 6.41. The summed E-state index contributed by atoms with van der Waals surface area (Å²) < 4.78 is 0. The topological polar surface area (TPSA) is 69.6 Å². The maximum atomic E-state index is 11.2. The predicted octanol–water partition coefficient (Wildman–Crippen LogP) is 1.17. The van der Waals surface area contributed by atoms with Crippen molar-refractivity contribution in [1.29, 1.82) is 0 Å². The molecule has 0 saturated heterocycles. The van der Waals surface area contributed by atoms with Gasteiger partial charge in [0.2, 0.25) is 5.91 Å². The number of phenols is 2. The van der Waals surface area contributed by atoms with Gasteiger partial charge in [-0.2, -0.15) is 0 Å². The molecule has 90 valence electrons. The highest BCUT2D eigenvalue weighted by molar-refractivity contribution is 5.76. The second kappa shape index (κ2) is 6.44. The first-order valence-corrected chi connectivity index (χ1v) is 5.34. The van der Waals surface area contributed by atoms with Gasteiger partial charge >= 0.3 is 0 Å². The highest BCUT2D eigenvalue weighted by Crippen LogP contribution is 2.24. The summed E-state index contributed by atoms with van der Waals surface area (Å²) in [6.45, 7) is 0.480. The van der Waals surface area contributed by atoms with E-state index in [4.69, 9.17) is 11.5 Å². The molecule has 0 heterocycles. The van der Waals surface area contributed by atoms with E-state index in [2.05, 4.69) is 11.2 Å². The second-order valence-corrected chi connectivity index (χ2v) is 3.63. The van der Waals surface area contributed by atoms with Crippen LogP contribution in [0, 0.1) is 12.3 Å². The third-order valence-corrected chi connectivity index (χ3v) is 2.27. The Morgan fingerprint density at radius 1 is 1.35 bits per heavy atom. The van der Waals surface area contributed by atoms with E-state index in [-0.39, 0.29) is 17.4 Å². The van der Waals surface area contributed by atoms with Gasteiger partial charge in [0.1, 0.15) is 0 Å². The summed E-state index contributed by atoms with van der Waals surface area (Å²) in [5.41, 5.74) is 0.845. The quantitative estimate of drug-likeness (QED) is 0.528. The first-order valence-electron chi connectivity index (χ1n) is 5.34. The zero-order valence-corrected chi connectivity index (χ0v) is 9.44. The third-order valence-electron chi connectivity index (χ3n) is 2.27. The summed E-state index contributed by atoms with van der Waals surface area (Å²) in [5.74, 6) is 2.02. The fraction of sp³-hybridized carbons (Fsp3) is 0.308. The standard InChI is InChI=1S/C13H15NO3/c1-2-3-4-13(17)14-8-7-10-5-6-11(15)12(16)9-10/h1,5-6,9,15-16H,3-4,7-8H2,(H,14,17). The third kappa shape index (κ3) is 4.47. The van der Waals surface area contributed by atoms with Gasteiger partial charge in [0.15, 0.2) is 11.5 Å². The van der Waals surface area contributed by atoms with E-state index in [0.717, 1.165) is 5.56 Å².